The van der Waals surface area contributed by atoms with Gasteiger partial charge in [-0.15, -0.1) is 24.0 Å². The van der Waals surface area contributed by atoms with Crippen molar-refractivity contribution in [3.8, 4) is 11.5 Å². The molecule has 0 bridgehead atoms. The number of carbonyl (C=O) groups is 1. The Balaban J connectivity index is 0.00000480. The molecular formula is C21H36IN5O4. The number of guanidine groups is 1. The van der Waals surface area contributed by atoms with Crippen LogP contribution in [0.4, 0.5) is 0 Å². The Morgan fingerprint density at radius 2 is 1.87 bits per heavy atom. The van der Waals surface area contributed by atoms with Gasteiger partial charge in [-0.05, 0) is 30.7 Å². The van der Waals surface area contributed by atoms with Crippen molar-refractivity contribution < 1.29 is 19.0 Å². The number of nitrogens with zero attached hydrogens (tertiary/aromatic N) is 3. The van der Waals surface area contributed by atoms with Crippen molar-refractivity contribution in [2.45, 2.75) is 13.0 Å². The second-order valence-electron chi connectivity index (χ2n) is 7.23. The zero-order valence-corrected chi connectivity index (χ0v) is 21.3. The number of nitrogens with one attached hydrogen (secondary N) is 2. The highest BCUT2D eigenvalue weighted by Crippen LogP contribution is 2.27. The van der Waals surface area contributed by atoms with Gasteiger partial charge in [-0.1, -0.05) is 6.07 Å². The highest BCUT2D eigenvalue weighted by atomic mass is 127. The van der Waals surface area contributed by atoms with Crippen molar-refractivity contribution in [3.63, 3.8) is 0 Å². The van der Waals surface area contributed by atoms with Crippen LogP contribution in [0.25, 0.3) is 0 Å². The molecule has 1 heterocycles. The first-order chi connectivity index (χ1) is 14.5. The topological polar surface area (TPSA) is 87.7 Å². The number of likely N-dealkylation sites (N-methyl/N-ethyl adjacent to an activating group) is 1. The summed E-state index contributed by atoms with van der Waals surface area (Å²) in [5.74, 6) is 1.95. The van der Waals surface area contributed by atoms with Crippen LogP contribution < -0.4 is 20.1 Å². The molecule has 0 aliphatic carbocycles. The molecule has 9 nitrogen and oxygen atoms in total. The van der Waals surface area contributed by atoms with Crippen LogP contribution in [0.2, 0.25) is 0 Å². The van der Waals surface area contributed by atoms with Crippen molar-refractivity contribution in [3.05, 3.63) is 23.8 Å². The molecule has 2 rings (SSSR count). The molecule has 1 aromatic rings. The lowest BCUT2D eigenvalue weighted by Gasteiger charge is -2.26. The van der Waals surface area contributed by atoms with Gasteiger partial charge in [-0.2, -0.15) is 0 Å². The Kier molecular flexibility index (Phi) is 13.3. The van der Waals surface area contributed by atoms with Crippen molar-refractivity contribution >= 4 is 35.8 Å². The summed E-state index contributed by atoms with van der Waals surface area (Å²) < 4.78 is 16.0. The molecule has 1 fully saturated rings. The minimum atomic E-state index is -0.0102. The lowest BCUT2D eigenvalue weighted by molar-refractivity contribution is -0.127. The summed E-state index contributed by atoms with van der Waals surface area (Å²) in [7, 11) is 6.70. The summed E-state index contributed by atoms with van der Waals surface area (Å²) in [5.41, 5.74) is 0.987. The van der Waals surface area contributed by atoms with E-state index < -0.39 is 0 Å². The quantitative estimate of drug-likeness (QED) is 0.196. The molecule has 10 heteroatoms. The third-order valence-corrected chi connectivity index (χ3v) is 4.82. The molecule has 0 spiro atoms. The van der Waals surface area contributed by atoms with Gasteiger partial charge in [0, 0.05) is 33.7 Å². The summed E-state index contributed by atoms with van der Waals surface area (Å²) in [4.78, 5) is 20.5. The standard InChI is InChI=1S/C21H35N5O4.HI/c1-25(2)20(27)16-24-21(22-8-5-9-26-10-12-30-13-11-26)23-15-17-6-7-18(28-3)19(14-17)29-4;/h6-7,14H,5,8-13,15-16H2,1-4H3,(H2,22,23,24);1H. The second-order valence-corrected chi connectivity index (χ2v) is 7.23. The monoisotopic (exact) mass is 549 g/mol. The van der Waals surface area contributed by atoms with Gasteiger partial charge in [-0.3, -0.25) is 9.69 Å². The van der Waals surface area contributed by atoms with Gasteiger partial charge in [0.2, 0.25) is 5.91 Å². The molecule has 1 aliphatic heterocycles. The number of rotatable bonds is 10. The van der Waals surface area contributed by atoms with Crippen LogP contribution in [0.15, 0.2) is 23.2 Å². The predicted molar refractivity (Wildman–Crippen MR) is 133 cm³/mol. The number of hydrogen-bond donors (Lipinski definition) is 2. The molecule has 1 aliphatic rings. The number of aliphatic imine (C=N–C) groups is 1. The first kappa shape index (κ1) is 27.2. The average Bonchev–Trinajstić information content (AvgIpc) is 2.77. The second kappa shape index (κ2) is 15.1. The van der Waals surface area contributed by atoms with E-state index in [1.165, 1.54) is 0 Å². The number of benzene rings is 1. The van der Waals surface area contributed by atoms with Gasteiger partial charge in [0.25, 0.3) is 0 Å². The van der Waals surface area contributed by atoms with E-state index in [1.807, 2.05) is 18.2 Å². The number of ether oxygens (including phenoxy) is 3. The number of morpholine rings is 1. The summed E-state index contributed by atoms with van der Waals surface area (Å²) in [5, 5.41) is 6.45. The number of hydrogen-bond acceptors (Lipinski definition) is 6. The first-order valence-corrected chi connectivity index (χ1v) is 10.3. The fourth-order valence-corrected chi connectivity index (χ4v) is 2.98. The summed E-state index contributed by atoms with van der Waals surface area (Å²) in [6.07, 6.45) is 0.985. The van der Waals surface area contributed by atoms with E-state index in [4.69, 9.17) is 14.2 Å². The lowest BCUT2D eigenvalue weighted by atomic mass is 10.2. The highest BCUT2D eigenvalue weighted by molar-refractivity contribution is 14.0. The van der Waals surface area contributed by atoms with Crippen LogP contribution in [0.3, 0.4) is 0 Å². The Morgan fingerprint density at radius 3 is 2.52 bits per heavy atom. The largest absolute Gasteiger partial charge is 0.493 e. The van der Waals surface area contributed by atoms with Crippen molar-refractivity contribution in [1.29, 1.82) is 0 Å². The van der Waals surface area contributed by atoms with Crippen LogP contribution in [0.5, 0.6) is 11.5 Å². The van der Waals surface area contributed by atoms with Crippen molar-refractivity contribution in [2.24, 2.45) is 4.99 Å². The minimum Gasteiger partial charge on any atom is -0.493 e. The summed E-state index contributed by atoms with van der Waals surface area (Å²) in [6.45, 7) is 6.00. The SMILES string of the molecule is COc1ccc(CN=C(NCCCN2CCOCC2)NCC(=O)N(C)C)cc1OC.I. The number of carbonyl (C=O) groups excluding carboxylic acids is 1. The molecular weight excluding hydrogens is 513 g/mol. The third-order valence-electron chi connectivity index (χ3n) is 4.82. The van der Waals surface area contributed by atoms with Crippen LogP contribution in [-0.4, -0.2) is 95.9 Å². The Labute approximate surface area is 202 Å². The molecule has 1 amide bonds. The van der Waals surface area contributed by atoms with Crippen molar-refractivity contribution in [1.82, 2.24) is 20.4 Å². The first-order valence-electron chi connectivity index (χ1n) is 10.3. The Bertz CT molecular complexity index is 696. The highest BCUT2D eigenvalue weighted by Gasteiger charge is 2.10. The van der Waals surface area contributed by atoms with Gasteiger partial charge in [0.1, 0.15) is 0 Å². The Morgan fingerprint density at radius 1 is 1.16 bits per heavy atom. The molecule has 0 unspecified atom stereocenters. The average molecular weight is 549 g/mol. The summed E-state index contributed by atoms with van der Waals surface area (Å²) >= 11 is 0. The van der Waals surface area contributed by atoms with Gasteiger partial charge in [-0.25, -0.2) is 4.99 Å². The lowest BCUT2D eigenvalue weighted by Crippen LogP contribution is -2.44. The van der Waals surface area contributed by atoms with E-state index in [0.717, 1.165) is 51.4 Å². The number of amides is 1. The maximum Gasteiger partial charge on any atom is 0.241 e. The Hall–Kier alpha value is -1.79. The molecule has 1 aromatic carbocycles. The van der Waals surface area contributed by atoms with Crippen LogP contribution in [0, 0.1) is 0 Å². The molecule has 2 N–H and O–H groups in total. The molecule has 0 saturated carbocycles. The van der Waals surface area contributed by atoms with Crippen LogP contribution >= 0.6 is 24.0 Å². The van der Waals surface area contributed by atoms with E-state index in [2.05, 4.69) is 20.5 Å². The molecule has 0 radical (unpaired) electrons. The number of methoxy groups -OCH3 is 2. The van der Waals surface area contributed by atoms with E-state index in [-0.39, 0.29) is 36.4 Å². The smallest absolute Gasteiger partial charge is 0.241 e. The molecule has 176 valence electrons. The van der Waals surface area contributed by atoms with E-state index >= 15 is 0 Å². The fraction of sp³-hybridized carbons (Fsp3) is 0.619. The zero-order chi connectivity index (χ0) is 21.8. The molecule has 0 atom stereocenters. The minimum absolute atomic E-state index is 0. The van der Waals surface area contributed by atoms with Crippen LogP contribution in [0.1, 0.15) is 12.0 Å². The molecule has 31 heavy (non-hydrogen) atoms. The molecule has 1 saturated heterocycles. The fourth-order valence-electron chi connectivity index (χ4n) is 2.98. The third kappa shape index (κ3) is 9.92. The zero-order valence-electron chi connectivity index (χ0n) is 19.0. The number of halogens is 1. The maximum absolute atomic E-state index is 11.9. The van der Waals surface area contributed by atoms with Crippen molar-refractivity contribution in [2.75, 3.05) is 74.3 Å². The van der Waals surface area contributed by atoms with Gasteiger partial charge in [0.05, 0.1) is 40.5 Å². The van der Waals surface area contributed by atoms with Crippen LogP contribution in [-0.2, 0) is 16.1 Å². The van der Waals surface area contributed by atoms with Gasteiger partial charge < -0.3 is 29.7 Å². The maximum atomic E-state index is 11.9. The van der Waals surface area contributed by atoms with Gasteiger partial charge in [0.15, 0.2) is 17.5 Å². The van der Waals surface area contributed by atoms with E-state index in [1.54, 1.807) is 33.2 Å². The summed E-state index contributed by atoms with van der Waals surface area (Å²) in [6, 6.07) is 5.72. The normalized spacial score (nSPS) is 14.4. The van der Waals surface area contributed by atoms with E-state index in [0.29, 0.717) is 24.0 Å². The van der Waals surface area contributed by atoms with E-state index in [9.17, 15) is 4.79 Å². The predicted octanol–water partition coefficient (Wildman–Crippen LogP) is 1.17. The van der Waals surface area contributed by atoms with Gasteiger partial charge >= 0.3 is 0 Å². The molecule has 0 aromatic heterocycles.